The van der Waals surface area contributed by atoms with E-state index in [0.717, 1.165) is 0 Å². The zero-order valence-corrected chi connectivity index (χ0v) is 11.1. The number of hydrogen-bond donors (Lipinski definition) is 1. The summed E-state index contributed by atoms with van der Waals surface area (Å²) < 4.78 is 6.81. The third-order valence-electron chi connectivity index (χ3n) is 2.75. The van der Waals surface area contributed by atoms with Gasteiger partial charge in [-0.25, -0.2) is 4.68 Å². The molecule has 98 valence electrons. The first kappa shape index (κ1) is 12.8. The summed E-state index contributed by atoms with van der Waals surface area (Å²) in [4.78, 5) is 1.75. The molecule has 0 aliphatic rings. The number of rotatable bonds is 3. The van der Waals surface area contributed by atoms with Crippen LogP contribution in [0.3, 0.4) is 0 Å². The highest BCUT2D eigenvalue weighted by molar-refractivity contribution is 5.67. The van der Waals surface area contributed by atoms with E-state index in [1.807, 2.05) is 38.4 Å². The molecule has 0 saturated heterocycles. The highest BCUT2D eigenvalue weighted by Crippen LogP contribution is 2.29. The lowest BCUT2D eigenvalue weighted by atomic mass is 10.3. The number of nitrogens with zero attached hydrogens (tertiary/aromatic N) is 4. The predicted molar refractivity (Wildman–Crippen MR) is 73.6 cm³/mol. The molecule has 6 nitrogen and oxygen atoms in total. The molecule has 2 aromatic rings. The predicted octanol–water partition coefficient (Wildman–Crippen LogP) is 1.40. The fourth-order valence-electron chi connectivity index (χ4n) is 1.83. The molecule has 2 rings (SSSR count). The summed E-state index contributed by atoms with van der Waals surface area (Å²) in [5, 5.41) is 13.6. The summed E-state index contributed by atoms with van der Waals surface area (Å²) in [5.41, 5.74) is 7.06. The van der Waals surface area contributed by atoms with Gasteiger partial charge in [-0.3, -0.25) is 0 Å². The van der Waals surface area contributed by atoms with Crippen molar-refractivity contribution in [1.82, 2.24) is 9.78 Å². The maximum absolute atomic E-state index is 9.19. The van der Waals surface area contributed by atoms with E-state index in [0.29, 0.717) is 28.6 Å². The van der Waals surface area contributed by atoms with Crippen LogP contribution in [-0.2, 0) is 0 Å². The number of nitriles is 1. The van der Waals surface area contributed by atoms with Gasteiger partial charge in [-0.1, -0.05) is 12.1 Å². The fourth-order valence-corrected chi connectivity index (χ4v) is 1.83. The summed E-state index contributed by atoms with van der Waals surface area (Å²) >= 11 is 0. The Bertz CT molecular complexity index is 639. The Balaban J connectivity index is 2.67. The lowest BCUT2D eigenvalue weighted by Crippen LogP contribution is -2.11. The summed E-state index contributed by atoms with van der Waals surface area (Å²) in [6.07, 6.45) is 0. The van der Waals surface area contributed by atoms with E-state index in [4.69, 9.17) is 10.5 Å². The van der Waals surface area contributed by atoms with E-state index in [1.165, 1.54) is 4.68 Å². The molecule has 0 spiro atoms. The minimum atomic E-state index is 0.302. The number of ether oxygens (including phenoxy) is 1. The van der Waals surface area contributed by atoms with E-state index in [2.05, 4.69) is 11.2 Å². The minimum Gasteiger partial charge on any atom is -0.494 e. The van der Waals surface area contributed by atoms with Gasteiger partial charge in [0.05, 0.1) is 7.11 Å². The molecule has 0 aliphatic carbocycles. The Labute approximate surface area is 111 Å². The Hall–Kier alpha value is -2.68. The molecule has 0 fully saturated rings. The SMILES string of the molecule is COc1ccccc1-n1nc(N(C)C)c(C#N)c1N. The molecule has 0 bridgehead atoms. The highest BCUT2D eigenvalue weighted by Gasteiger charge is 2.19. The number of nitrogens with two attached hydrogens (primary N) is 1. The van der Waals surface area contributed by atoms with Crippen LogP contribution in [0.15, 0.2) is 24.3 Å². The standard InChI is InChI=1S/C13H15N5O/c1-17(2)13-9(8-14)12(15)18(16-13)10-6-4-5-7-11(10)19-3/h4-7H,15H2,1-3H3. The molecule has 0 saturated carbocycles. The number of para-hydroxylation sites is 2. The van der Waals surface area contributed by atoms with Crippen LogP contribution in [0.4, 0.5) is 11.6 Å². The van der Waals surface area contributed by atoms with Gasteiger partial charge < -0.3 is 15.4 Å². The first-order valence-electron chi connectivity index (χ1n) is 5.69. The molecular weight excluding hydrogens is 242 g/mol. The van der Waals surface area contributed by atoms with E-state index >= 15 is 0 Å². The monoisotopic (exact) mass is 257 g/mol. The molecule has 0 radical (unpaired) electrons. The third kappa shape index (κ3) is 2.06. The molecule has 1 aromatic heterocycles. The topological polar surface area (TPSA) is 80.1 Å². The second-order valence-electron chi connectivity index (χ2n) is 4.17. The van der Waals surface area contributed by atoms with Crippen LogP contribution in [0.1, 0.15) is 5.56 Å². The smallest absolute Gasteiger partial charge is 0.170 e. The average molecular weight is 257 g/mol. The van der Waals surface area contributed by atoms with Crippen molar-refractivity contribution < 1.29 is 4.74 Å². The largest absolute Gasteiger partial charge is 0.494 e. The van der Waals surface area contributed by atoms with Crippen LogP contribution in [-0.4, -0.2) is 31.0 Å². The van der Waals surface area contributed by atoms with E-state index in [1.54, 1.807) is 12.0 Å². The van der Waals surface area contributed by atoms with Gasteiger partial charge in [-0.05, 0) is 12.1 Å². The lowest BCUT2D eigenvalue weighted by Gasteiger charge is -2.09. The molecule has 19 heavy (non-hydrogen) atoms. The fraction of sp³-hybridized carbons (Fsp3) is 0.231. The molecule has 1 heterocycles. The van der Waals surface area contributed by atoms with Gasteiger partial charge in [-0.2, -0.15) is 5.26 Å². The lowest BCUT2D eigenvalue weighted by molar-refractivity contribution is 0.412. The highest BCUT2D eigenvalue weighted by atomic mass is 16.5. The number of nitrogen functional groups attached to an aromatic ring is 1. The maximum Gasteiger partial charge on any atom is 0.170 e. The second kappa shape index (κ2) is 4.90. The maximum atomic E-state index is 9.19. The number of benzene rings is 1. The molecule has 2 N–H and O–H groups in total. The average Bonchev–Trinajstić information content (AvgIpc) is 2.75. The Morgan fingerprint density at radius 3 is 2.58 bits per heavy atom. The zero-order valence-electron chi connectivity index (χ0n) is 11.1. The van der Waals surface area contributed by atoms with E-state index in [-0.39, 0.29) is 0 Å². The Morgan fingerprint density at radius 1 is 1.37 bits per heavy atom. The Kier molecular flexibility index (Phi) is 3.29. The van der Waals surface area contributed by atoms with Crippen molar-refractivity contribution in [2.45, 2.75) is 0 Å². The van der Waals surface area contributed by atoms with Gasteiger partial charge in [0, 0.05) is 14.1 Å². The molecule has 0 aliphatic heterocycles. The molecule has 0 atom stereocenters. The minimum absolute atomic E-state index is 0.302. The van der Waals surface area contributed by atoms with Crippen molar-refractivity contribution in [2.24, 2.45) is 0 Å². The van der Waals surface area contributed by atoms with Gasteiger partial charge in [0.1, 0.15) is 28.9 Å². The molecule has 0 amide bonds. The van der Waals surface area contributed by atoms with Crippen LogP contribution in [0.2, 0.25) is 0 Å². The molecule has 6 heteroatoms. The first-order valence-corrected chi connectivity index (χ1v) is 5.69. The van der Waals surface area contributed by atoms with Crippen molar-refractivity contribution in [1.29, 1.82) is 5.26 Å². The first-order chi connectivity index (χ1) is 9.10. The van der Waals surface area contributed by atoms with Crippen LogP contribution in [0.5, 0.6) is 5.75 Å². The van der Waals surface area contributed by atoms with Crippen molar-refractivity contribution in [3.8, 4) is 17.5 Å². The zero-order chi connectivity index (χ0) is 14.0. The third-order valence-corrected chi connectivity index (χ3v) is 2.75. The number of methoxy groups -OCH3 is 1. The normalized spacial score (nSPS) is 10.0. The van der Waals surface area contributed by atoms with Crippen molar-refractivity contribution in [3.05, 3.63) is 29.8 Å². The summed E-state index contributed by atoms with van der Waals surface area (Å²) in [6.45, 7) is 0. The van der Waals surface area contributed by atoms with Gasteiger partial charge in [0.25, 0.3) is 0 Å². The summed E-state index contributed by atoms with van der Waals surface area (Å²) in [5.74, 6) is 1.48. The van der Waals surface area contributed by atoms with Crippen LogP contribution in [0, 0.1) is 11.3 Å². The van der Waals surface area contributed by atoms with Gasteiger partial charge in [-0.15, -0.1) is 5.10 Å². The van der Waals surface area contributed by atoms with Gasteiger partial charge >= 0.3 is 0 Å². The van der Waals surface area contributed by atoms with Crippen molar-refractivity contribution >= 4 is 11.6 Å². The van der Waals surface area contributed by atoms with Gasteiger partial charge in [0.2, 0.25) is 0 Å². The van der Waals surface area contributed by atoms with Gasteiger partial charge in [0.15, 0.2) is 5.82 Å². The summed E-state index contributed by atoms with van der Waals surface area (Å²) in [7, 11) is 5.21. The second-order valence-corrected chi connectivity index (χ2v) is 4.17. The Morgan fingerprint density at radius 2 is 2.05 bits per heavy atom. The quantitative estimate of drug-likeness (QED) is 0.899. The van der Waals surface area contributed by atoms with Crippen LogP contribution < -0.4 is 15.4 Å². The molecular formula is C13H15N5O. The summed E-state index contributed by atoms with van der Waals surface area (Å²) in [6, 6.07) is 9.46. The number of hydrogen-bond acceptors (Lipinski definition) is 5. The number of anilines is 2. The molecule has 1 aromatic carbocycles. The van der Waals surface area contributed by atoms with Crippen LogP contribution >= 0.6 is 0 Å². The molecule has 0 unspecified atom stereocenters. The van der Waals surface area contributed by atoms with Crippen LogP contribution in [0.25, 0.3) is 5.69 Å². The number of aromatic nitrogens is 2. The van der Waals surface area contributed by atoms with E-state index < -0.39 is 0 Å². The van der Waals surface area contributed by atoms with Crippen molar-refractivity contribution in [3.63, 3.8) is 0 Å². The van der Waals surface area contributed by atoms with E-state index in [9.17, 15) is 5.26 Å². The van der Waals surface area contributed by atoms with Crippen molar-refractivity contribution in [2.75, 3.05) is 31.8 Å².